The summed E-state index contributed by atoms with van der Waals surface area (Å²) in [4.78, 5) is 24.3. The summed E-state index contributed by atoms with van der Waals surface area (Å²) in [5, 5.41) is 28.6. The molecule has 0 aromatic carbocycles. The monoisotopic (exact) mass is 268 g/mol. The van der Waals surface area contributed by atoms with Crippen LogP contribution in [-0.2, 0) is 9.53 Å². The molecule has 3 aliphatic heterocycles. The van der Waals surface area contributed by atoms with E-state index < -0.39 is 43.1 Å². The summed E-state index contributed by atoms with van der Waals surface area (Å²) in [5.41, 5.74) is 0. The van der Waals surface area contributed by atoms with Crippen molar-refractivity contribution < 1.29 is 24.9 Å². The lowest BCUT2D eigenvalue weighted by atomic mass is 10.1. The van der Waals surface area contributed by atoms with Crippen LogP contribution in [0, 0.1) is 0 Å². The van der Waals surface area contributed by atoms with E-state index in [-0.39, 0.29) is 5.84 Å². The molecule has 0 aromatic heterocycles. The maximum Gasteiger partial charge on any atom is 0.279 e. The number of rotatable bonds is 2. The fourth-order valence-corrected chi connectivity index (χ4v) is 2.24. The summed E-state index contributed by atoms with van der Waals surface area (Å²) in [7, 11) is 0. The fraction of sp³-hybridized carbons (Fsp3) is 0.600. The smallest absolute Gasteiger partial charge is 0.279 e. The largest absolute Gasteiger partial charge is 0.394 e. The van der Waals surface area contributed by atoms with Gasteiger partial charge in [-0.3, -0.25) is 14.7 Å². The number of hydrogen-bond acceptors (Lipinski definition) is 8. The Hall–Kier alpha value is -1.68. The first-order valence-electron chi connectivity index (χ1n) is 5.71. The standard InChI is InChI=1S/C10H12N4O5/c15-1-4-6(16)7(17)10(19-4)14-3-13-5-8(14)11-2-12-9(5)18/h2-7,10,15-17H,1H2/t4-,5?,6-,7-,10?/m1/s1. The molecule has 0 spiro atoms. The molecule has 5 atom stereocenters. The van der Waals surface area contributed by atoms with E-state index in [0.717, 1.165) is 6.34 Å². The minimum absolute atomic E-state index is 0.287. The van der Waals surface area contributed by atoms with Crippen molar-refractivity contribution in [3.05, 3.63) is 0 Å². The van der Waals surface area contributed by atoms with Gasteiger partial charge in [0.2, 0.25) is 0 Å². The number of fused-ring (bicyclic) bond motifs is 1. The Morgan fingerprint density at radius 2 is 2.16 bits per heavy atom. The normalized spacial score (nSPS) is 40.8. The highest BCUT2D eigenvalue weighted by atomic mass is 16.6. The van der Waals surface area contributed by atoms with Crippen molar-refractivity contribution in [1.29, 1.82) is 0 Å². The summed E-state index contributed by atoms with van der Waals surface area (Å²) in [6.07, 6.45) is -1.86. The lowest BCUT2D eigenvalue weighted by molar-refractivity contribution is -0.117. The van der Waals surface area contributed by atoms with Crippen LogP contribution in [0.15, 0.2) is 15.0 Å². The average molecular weight is 268 g/mol. The van der Waals surface area contributed by atoms with Crippen molar-refractivity contribution in [3.8, 4) is 0 Å². The van der Waals surface area contributed by atoms with Crippen molar-refractivity contribution in [2.45, 2.75) is 30.6 Å². The highest BCUT2D eigenvalue weighted by Crippen LogP contribution is 2.26. The maximum atomic E-state index is 11.5. The Kier molecular flexibility index (Phi) is 2.90. The first-order valence-corrected chi connectivity index (χ1v) is 5.71. The van der Waals surface area contributed by atoms with Crippen molar-refractivity contribution in [1.82, 2.24) is 4.90 Å². The fourth-order valence-electron chi connectivity index (χ4n) is 2.24. The topological polar surface area (TPSA) is 127 Å². The highest BCUT2D eigenvalue weighted by molar-refractivity contribution is 6.19. The molecule has 9 nitrogen and oxygen atoms in total. The van der Waals surface area contributed by atoms with Gasteiger partial charge in [-0.15, -0.1) is 0 Å². The van der Waals surface area contributed by atoms with Gasteiger partial charge < -0.3 is 20.1 Å². The number of aliphatic hydroxyl groups excluding tert-OH is 3. The lowest BCUT2D eigenvalue weighted by Gasteiger charge is -2.26. The zero-order valence-electron chi connectivity index (χ0n) is 9.70. The molecule has 0 aromatic rings. The maximum absolute atomic E-state index is 11.5. The SMILES string of the molecule is O=C1N=CN=C2C1N=CN2C1O[C@H](CO)[C@@H](O)[C@H]1O. The number of amidine groups is 1. The van der Waals surface area contributed by atoms with Gasteiger partial charge in [-0.05, 0) is 0 Å². The zero-order valence-corrected chi connectivity index (χ0v) is 9.70. The van der Waals surface area contributed by atoms with Crippen molar-refractivity contribution in [2.24, 2.45) is 15.0 Å². The summed E-state index contributed by atoms with van der Waals surface area (Å²) >= 11 is 0. The van der Waals surface area contributed by atoms with Gasteiger partial charge in [0.1, 0.15) is 30.5 Å². The van der Waals surface area contributed by atoms with Crippen LogP contribution in [-0.4, -0.2) is 81.8 Å². The summed E-state index contributed by atoms with van der Waals surface area (Å²) in [6.45, 7) is -0.421. The van der Waals surface area contributed by atoms with Crippen LogP contribution < -0.4 is 0 Å². The van der Waals surface area contributed by atoms with Crippen molar-refractivity contribution >= 4 is 24.4 Å². The van der Waals surface area contributed by atoms with Gasteiger partial charge in [-0.25, -0.2) is 4.99 Å². The van der Waals surface area contributed by atoms with E-state index in [4.69, 9.17) is 9.84 Å². The lowest BCUT2D eigenvalue weighted by Crippen LogP contribution is -2.48. The second-order valence-corrected chi connectivity index (χ2v) is 4.37. The molecule has 9 heteroatoms. The molecule has 3 N–H and O–H groups in total. The van der Waals surface area contributed by atoms with Crippen molar-refractivity contribution in [2.75, 3.05) is 6.61 Å². The second kappa shape index (κ2) is 4.46. The predicted molar refractivity (Wildman–Crippen MR) is 62.8 cm³/mol. The van der Waals surface area contributed by atoms with Crippen LogP contribution in [0.1, 0.15) is 0 Å². The first kappa shape index (κ1) is 12.4. The molecule has 3 aliphatic rings. The molecule has 3 rings (SSSR count). The predicted octanol–water partition coefficient (Wildman–Crippen LogP) is -2.90. The third kappa shape index (κ3) is 1.78. The second-order valence-electron chi connectivity index (χ2n) is 4.37. The first-order chi connectivity index (χ1) is 9.13. The number of amides is 1. The van der Waals surface area contributed by atoms with Gasteiger partial charge in [0.05, 0.1) is 12.9 Å². The number of nitrogens with zero attached hydrogens (tertiary/aromatic N) is 4. The quantitative estimate of drug-likeness (QED) is 0.493. The zero-order chi connectivity index (χ0) is 13.6. The van der Waals surface area contributed by atoms with Crippen LogP contribution in [0.3, 0.4) is 0 Å². The molecule has 0 saturated carbocycles. The Morgan fingerprint density at radius 1 is 1.37 bits per heavy atom. The Labute approximate surface area is 107 Å². The molecule has 1 fully saturated rings. The minimum atomic E-state index is -1.24. The molecule has 1 amide bonds. The average Bonchev–Trinajstić information content (AvgIpc) is 2.94. The van der Waals surface area contributed by atoms with Gasteiger partial charge in [0.25, 0.3) is 5.91 Å². The van der Waals surface area contributed by atoms with E-state index in [2.05, 4.69) is 15.0 Å². The van der Waals surface area contributed by atoms with Crippen LogP contribution in [0.25, 0.3) is 0 Å². The molecule has 0 bridgehead atoms. The molecule has 2 unspecified atom stereocenters. The molecule has 1 saturated heterocycles. The van der Waals surface area contributed by atoms with E-state index in [9.17, 15) is 15.0 Å². The molecule has 0 radical (unpaired) electrons. The van der Waals surface area contributed by atoms with E-state index in [1.54, 1.807) is 0 Å². The number of hydrogen-bond donors (Lipinski definition) is 3. The number of aliphatic imine (C=N–C) groups is 3. The van der Waals surface area contributed by atoms with E-state index >= 15 is 0 Å². The number of aliphatic hydroxyl groups is 3. The van der Waals surface area contributed by atoms with Crippen LogP contribution in [0.2, 0.25) is 0 Å². The Bertz CT molecular complexity index is 490. The molecule has 3 heterocycles. The summed E-state index contributed by atoms with van der Waals surface area (Å²) < 4.78 is 5.35. The van der Waals surface area contributed by atoms with Crippen molar-refractivity contribution in [3.63, 3.8) is 0 Å². The summed E-state index contributed by atoms with van der Waals surface area (Å²) in [5.74, 6) is -0.162. The molecular formula is C10H12N4O5. The number of ether oxygens (including phenoxy) is 1. The minimum Gasteiger partial charge on any atom is -0.394 e. The van der Waals surface area contributed by atoms with Crippen LogP contribution >= 0.6 is 0 Å². The van der Waals surface area contributed by atoms with Gasteiger partial charge >= 0.3 is 0 Å². The van der Waals surface area contributed by atoms with E-state index in [1.165, 1.54) is 11.2 Å². The van der Waals surface area contributed by atoms with E-state index in [0.29, 0.717) is 0 Å². The molecule has 0 aliphatic carbocycles. The molecule has 19 heavy (non-hydrogen) atoms. The van der Waals surface area contributed by atoms with Gasteiger partial charge in [-0.1, -0.05) is 0 Å². The molecular weight excluding hydrogens is 256 g/mol. The third-order valence-corrected chi connectivity index (χ3v) is 3.25. The highest BCUT2D eigenvalue weighted by Gasteiger charge is 2.48. The van der Waals surface area contributed by atoms with Gasteiger partial charge in [-0.2, -0.15) is 4.99 Å². The number of carbonyl (C=O) groups is 1. The van der Waals surface area contributed by atoms with E-state index in [1.807, 2.05) is 0 Å². The molecule has 102 valence electrons. The summed E-state index contributed by atoms with van der Waals surface area (Å²) in [6, 6.07) is -0.828. The van der Waals surface area contributed by atoms with Crippen LogP contribution in [0.4, 0.5) is 0 Å². The number of carbonyl (C=O) groups excluding carboxylic acids is 1. The van der Waals surface area contributed by atoms with Crippen LogP contribution in [0.5, 0.6) is 0 Å². The Morgan fingerprint density at radius 3 is 2.84 bits per heavy atom. The van der Waals surface area contributed by atoms with Gasteiger partial charge in [0.15, 0.2) is 12.3 Å². The Balaban J connectivity index is 1.85. The third-order valence-electron chi connectivity index (χ3n) is 3.25. The van der Waals surface area contributed by atoms with Gasteiger partial charge in [0, 0.05) is 0 Å².